The predicted octanol–water partition coefficient (Wildman–Crippen LogP) is 4.55. The van der Waals surface area contributed by atoms with Crippen molar-refractivity contribution in [2.24, 2.45) is 0 Å². The highest BCUT2D eigenvalue weighted by Crippen LogP contribution is 2.23. The van der Waals surface area contributed by atoms with Gasteiger partial charge in [0, 0.05) is 30.5 Å². The van der Waals surface area contributed by atoms with Crippen molar-refractivity contribution >= 4 is 28.9 Å². The number of aromatic nitrogens is 1. The molecule has 0 aliphatic carbocycles. The second-order valence-electron chi connectivity index (χ2n) is 4.09. The summed E-state index contributed by atoms with van der Waals surface area (Å²) < 4.78 is 12.9. The summed E-state index contributed by atoms with van der Waals surface area (Å²) in [4.78, 5) is 6.11. The van der Waals surface area contributed by atoms with Gasteiger partial charge in [0.1, 0.15) is 11.0 Å². The van der Waals surface area contributed by atoms with Gasteiger partial charge in [0.25, 0.3) is 0 Å². The van der Waals surface area contributed by atoms with E-state index in [1.807, 2.05) is 6.92 Å². The molecular formula is C14H13Cl2FN2. The van der Waals surface area contributed by atoms with Crippen LogP contribution in [0.1, 0.15) is 12.5 Å². The molecule has 0 aliphatic heterocycles. The molecule has 5 heteroatoms. The van der Waals surface area contributed by atoms with Crippen LogP contribution in [-0.2, 0) is 6.54 Å². The van der Waals surface area contributed by atoms with Gasteiger partial charge in [0.15, 0.2) is 0 Å². The summed E-state index contributed by atoms with van der Waals surface area (Å²) in [5, 5.41) is 0.958. The molecule has 2 rings (SSSR count). The van der Waals surface area contributed by atoms with Crippen molar-refractivity contribution in [3.8, 4) is 0 Å². The lowest BCUT2D eigenvalue weighted by Gasteiger charge is -2.23. The molecule has 100 valence electrons. The first-order valence-corrected chi connectivity index (χ1v) is 6.66. The number of nitrogens with zero attached hydrogens (tertiary/aromatic N) is 2. The molecule has 0 fully saturated rings. The van der Waals surface area contributed by atoms with Crippen molar-refractivity contribution in [3.63, 3.8) is 0 Å². The Morgan fingerprint density at radius 3 is 2.47 bits per heavy atom. The summed E-state index contributed by atoms with van der Waals surface area (Å²) in [5.74, 6) is -0.244. The van der Waals surface area contributed by atoms with Crippen LogP contribution in [0, 0.1) is 5.82 Å². The molecule has 0 N–H and O–H groups in total. The van der Waals surface area contributed by atoms with Gasteiger partial charge >= 0.3 is 0 Å². The van der Waals surface area contributed by atoms with E-state index in [9.17, 15) is 4.39 Å². The van der Waals surface area contributed by atoms with E-state index >= 15 is 0 Å². The largest absolute Gasteiger partial charge is 0.367 e. The average molecular weight is 299 g/mol. The first-order chi connectivity index (χ1) is 9.10. The van der Waals surface area contributed by atoms with Crippen LogP contribution in [0.25, 0.3) is 0 Å². The number of hydrogen-bond acceptors (Lipinski definition) is 2. The summed E-state index contributed by atoms with van der Waals surface area (Å²) >= 11 is 11.9. The highest BCUT2D eigenvalue weighted by Gasteiger charge is 2.09. The van der Waals surface area contributed by atoms with Crippen LogP contribution < -0.4 is 4.90 Å². The van der Waals surface area contributed by atoms with Crippen LogP contribution in [-0.4, -0.2) is 11.5 Å². The minimum atomic E-state index is -0.244. The van der Waals surface area contributed by atoms with Gasteiger partial charge < -0.3 is 4.90 Å². The minimum Gasteiger partial charge on any atom is -0.367 e. The SMILES string of the molecule is CCN(Cc1cnc(Cl)cc1Cl)c1ccc(F)cc1. The van der Waals surface area contributed by atoms with Crippen LogP contribution in [0.3, 0.4) is 0 Å². The Morgan fingerprint density at radius 1 is 1.21 bits per heavy atom. The molecule has 19 heavy (non-hydrogen) atoms. The van der Waals surface area contributed by atoms with Crippen LogP contribution in [0.2, 0.25) is 10.2 Å². The molecule has 1 heterocycles. The first kappa shape index (κ1) is 14.1. The highest BCUT2D eigenvalue weighted by atomic mass is 35.5. The summed E-state index contributed by atoms with van der Waals surface area (Å²) in [7, 11) is 0. The third kappa shape index (κ3) is 3.58. The Bertz CT molecular complexity index is 558. The number of rotatable bonds is 4. The minimum absolute atomic E-state index is 0.244. The smallest absolute Gasteiger partial charge is 0.130 e. The third-order valence-corrected chi connectivity index (χ3v) is 3.39. The fourth-order valence-corrected chi connectivity index (χ4v) is 2.22. The maximum absolute atomic E-state index is 12.9. The van der Waals surface area contributed by atoms with E-state index in [0.29, 0.717) is 16.7 Å². The van der Waals surface area contributed by atoms with Gasteiger partial charge in [-0.25, -0.2) is 9.37 Å². The van der Waals surface area contributed by atoms with Crippen LogP contribution in [0.15, 0.2) is 36.5 Å². The zero-order valence-corrected chi connectivity index (χ0v) is 11.9. The molecule has 1 aromatic heterocycles. The molecule has 0 saturated carbocycles. The lowest BCUT2D eigenvalue weighted by molar-refractivity contribution is 0.627. The van der Waals surface area contributed by atoms with Gasteiger partial charge in [-0.3, -0.25) is 0 Å². The quantitative estimate of drug-likeness (QED) is 0.770. The number of pyridine rings is 1. The Morgan fingerprint density at radius 2 is 1.89 bits per heavy atom. The maximum atomic E-state index is 12.9. The van der Waals surface area contributed by atoms with Crippen molar-refractivity contribution in [1.82, 2.24) is 4.98 Å². The number of halogens is 3. The third-order valence-electron chi connectivity index (χ3n) is 2.83. The second-order valence-corrected chi connectivity index (χ2v) is 4.88. The number of hydrogen-bond donors (Lipinski definition) is 0. The molecular weight excluding hydrogens is 286 g/mol. The lowest BCUT2D eigenvalue weighted by Crippen LogP contribution is -2.22. The summed E-state index contributed by atoms with van der Waals surface area (Å²) in [6.45, 7) is 3.41. The average Bonchev–Trinajstić information content (AvgIpc) is 2.39. The van der Waals surface area contributed by atoms with Gasteiger partial charge in [-0.05, 0) is 37.3 Å². The van der Waals surface area contributed by atoms with Gasteiger partial charge in [-0.15, -0.1) is 0 Å². The summed E-state index contributed by atoms with van der Waals surface area (Å²) in [6.07, 6.45) is 1.66. The Labute approximate surface area is 121 Å². The monoisotopic (exact) mass is 298 g/mol. The van der Waals surface area contributed by atoms with E-state index in [-0.39, 0.29) is 5.82 Å². The zero-order valence-electron chi connectivity index (χ0n) is 10.4. The molecule has 0 spiro atoms. The van der Waals surface area contributed by atoms with Crippen molar-refractivity contribution in [2.75, 3.05) is 11.4 Å². The molecule has 2 nitrogen and oxygen atoms in total. The molecule has 0 bridgehead atoms. The second kappa shape index (κ2) is 6.22. The number of benzene rings is 1. The molecule has 2 aromatic rings. The maximum Gasteiger partial charge on any atom is 0.130 e. The van der Waals surface area contributed by atoms with E-state index in [4.69, 9.17) is 23.2 Å². The van der Waals surface area contributed by atoms with Crippen LogP contribution in [0.4, 0.5) is 10.1 Å². The Balaban J connectivity index is 2.21. The van der Waals surface area contributed by atoms with E-state index in [0.717, 1.165) is 17.8 Å². The fourth-order valence-electron chi connectivity index (χ4n) is 1.80. The van der Waals surface area contributed by atoms with E-state index < -0.39 is 0 Å². The molecule has 1 aromatic carbocycles. The van der Waals surface area contributed by atoms with E-state index in [1.165, 1.54) is 12.1 Å². The predicted molar refractivity (Wildman–Crippen MR) is 77.4 cm³/mol. The van der Waals surface area contributed by atoms with Crippen molar-refractivity contribution < 1.29 is 4.39 Å². The van der Waals surface area contributed by atoms with Gasteiger partial charge in [0.05, 0.1) is 5.02 Å². The van der Waals surface area contributed by atoms with Crippen molar-refractivity contribution in [3.05, 3.63) is 58.1 Å². The van der Waals surface area contributed by atoms with E-state index in [1.54, 1.807) is 24.4 Å². The van der Waals surface area contributed by atoms with Gasteiger partial charge in [-0.1, -0.05) is 23.2 Å². The Kier molecular flexibility index (Phi) is 4.61. The van der Waals surface area contributed by atoms with Crippen LogP contribution >= 0.6 is 23.2 Å². The Hall–Kier alpha value is -1.32. The van der Waals surface area contributed by atoms with Gasteiger partial charge in [0.2, 0.25) is 0 Å². The molecule has 0 aliphatic rings. The standard InChI is InChI=1S/C14H13Cl2FN2/c1-2-19(12-5-3-11(17)4-6-12)9-10-8-18-14(16)7-13(10)15/h3-8H,2,9H2,1H3. The molecule has 0 atom stereocenters. The van der Waals surface area contributed by atoms with Crippen LogP contribution in [0.5, 0.6) is 0 Å². The normalized spacial score (nSPS) is 10.5. The fraction of sp³-hybridized carbons (Fsp3) is 0.214. The molecule has 0 unspecified atom stereocenters. The molecule has 0 saturated heterocycles. The first-order valence-electron chi connectivity index (χ1n) is 5.90. The van der Waals surface area contributed by atoms with E-state index in [2.05, 4.69) is 9.88 Å². The van der Waals surface area contributed by atoms with Gasteiger partial charge in [-0.2, -0.15) is 0 Å². The van der Waals surface area contributed by atoms with Crippen molar-refractivity contribution in [1.29, 1.82) is 0 Å². The molecule has 0 amide bonds. The van der Waals surface area contributed by atoms with Crippen molar-refractivity contribution in [2.45, 2.75) is 13.5 Å². The highest BCUT2D eigenvalue weighted by molar-refractivity contribution is 6.34. The molecule has 0 radical (unpaired) electrons. The summed E-state index contributed by atoms with van der Waals surface area (Å²) in [6, 6.07) is 8.00. The summed E-state index contributed by atoms with van der Waals surface area (Å²) in [5.41, 5.74) is 1.83. The number of anilines is 1. The zero-order chi connectivity index (χ0) is 13.8. The lowest BCUT2D eigenvalue weighted by atomic mass is 10.2. The topological polar surface area (TPSA) is 16.1 Å².